The first-order chi connectivity index (χ1) is 13.6. The number of hydrogen-bond acceptors (Lipinski definition) is 5. The second kappa shape index (κ2) is 15.8. The molecule has 0 aromatic carbocycles. The normalized spacial score (nSPS) is 23.2. The molecule has 28 heavy (non-hydrogen) atoms. The van der Waals surface area contributed by atoms with Crippen LogP contribution >= 0.6 is 0 Å². The zero-order valence-corrected chi connectivity index (χ0v) is 19.9. The molecule has 168 valence electrons. The van der Waals surface area contributed by atoms with Crippen LogP contribution in [0, 0.1) is 5.92 Å². The van der Waals surface area contributed by atoms with Crippen molar-refractivity contribution in [2.75, 3.05) is 27.4 Å². The Bertz CT molecular complexity index is 365. The highest BCUT2D eigenvalue weighted by atomic mass is 28.4. The Hall–Kier alpha value is 0.0169. The van der Waals surface area contributed by atoms with Gasteiger partial charge in [0.05, 0.1) is 12.2 Å². The van der Waals surface area contributed by atoms with Crippen molar-refractivity contribution in [3.05, 3.63) is 0 Å². The first-order valence-electron chi connectivity index (χ1n) is 11.6. The quantitative estimate of drug-likeness (QED) is 0.255. The number of ether oxygens (including phenoxy) is 1. The lowest BCUT2D eigenvalue weighted by Crippen LogP contribution is -2.45. The monoisotopic (exact) mass is 418 g/mol. The Balaban J connectivity index is 2.38. The summed E-state index contributed by atoms with van der Waals surface area (Å²) in [5, 5.41) is 10.3. The number of aliphatic hydroxyl groups excluding tert-OH is 1. The minimum atomic E-state index is -2.57. The van der Waals surface area contributed by atoms with Crippen molar-refractivity contribution in [1.82, 2.24) is 0 Å². The van der Waals surface area contributed by atoms with E-state index in [2.05, 4.69) is 13.8 Å². The van der Waals surface area contributed by atoms with Crippen LogP contribution in [0.1, 0.15) is 90.9 Å². The highest BCUT2D eigenvalue weighted by Gasteiger charge is 2.40. The minimum Gasteiger partial charge on any atom is -0.390 e. The molecule has 0 amide bonds. The van der Waals surface area contributed by atoms with Crippen molar-refractivity contribution in [3.8, 4) is 0 Å². The first-order valence-corrected chi connectivity index (χ1v) is 13.6. The molecule has 3 atom stereocenters. The van der Waals surface area contributed by atoms with E-state index >= 15 is 0 Å². The van der Waals surface area contributed by atoms with Crippen LogP contribution in [0.3, 0.4) is 0 Å². The summed E-state index contributed by atoms with van der Waals surface area (Å²) in [4.78, 5) is 0. The van der Waals surface area contributed by atoms with Crippen LogP contribution in [0.5, 0.6) is 0 Å². The Morgan fingerprint density at radius 3 is 2.11 bits per heavy atom. The summed E-state index contributed by atoms with van der Waals surface area (Å²) < 4.78 is 23.7. The van der Waals surface area contributed by atoms with Gasteiger partial charge in [0, 0.05) is 33.5 Å². The predicted octanol–water partition coefficient (Wildman–Crippen LogP) is 5.33. The van der Waals surface area contributed by atoms with Gasteiger partial charge in [-0.3, -0.25) is 0 Å². The van der Waals surface area contributed by atoms with E-state index in [1.165, 1.54) is 38.5 Å². The average Bonchev–Trinajstić information content (AvgIpc) is 2.72. The van der Waals surface area contributed by atoms with Crippen molar-refractivity contribution < 1.29 is 23.1 Å². The largest absolute Gasteiger partial charge is 0.500 e. The van der Waals surface area contributed by atoms with Crippen LogP contribution < -0.4 is 0 Å². The van der Waals surface area contributed by atoms with Crippen molar-refractivity contribution in [3.63, 3.8) is 0 Å². The zero-order valence-electron chi connectivity index (χ0n) is 18.9. The molecule has 0 aromatic rings. The van der Waals surface area contributed by atoms with E-state index in [9.17, 15) is 5.11 Å². The van der Waals surface area contributed by atoms with Gasteiger partial charge in [-0.15, -0.1) is 0 Å². The molecule has 0 bridgehead atoms. The van der Waals surface area contributed by atoms with Gasteiger partial charge in [-0.2, -0.15) is 0 Å². The van der Waals surface area contributed by atoms with Gasteiger partial charge < -0.3 is 23.1 Å². The van der Waals surface area contributed by atoms with Crippen LogP contribution in [0.4, 0.5) is 0 Å². The molecule has 1 saturated carbocycles. The summed E-state index contributed by atoms with van der Waals surface area (Å²) in [5.41, 5.74) is 0. The summed E-state index contributed by atoms with van der Waals surface area (Å²) in [6.07, 6.45) is 13.1. The van der Waals surface area contributed by atoms with Gasteiger partial charge in [0.1, 0.15) is 0 Å². The molecule has 5 nitrogen and oxygen atoms in total. The predicted molar refractivity (Wildman–Crippen MR) is 117 cm³/mol. The molecule has 1 aliphatic rings. The molecule has 1 fully saturated rings. The van der Waals surface area contributed by atoms with E-state index in [1.807, 2.05) is 0 Å². The molecule has 6 heteroatoms. The summed E-state index contributed by atoms with van der Waals surface area (Å²) in [7, 11) is 0.863. The maximum absolute atomic E-state index is 10.3. The molecule has 1 N–H and O–H groups in total. The van der Waals surface area contributed by atoms with Crippen LogP contribution in [0.2, 0.25) is 6.04 Å². The van der Waals surface area contributed by atoms with E-state index in [0.717, 1.165) is 57.8 Å². The van der Waals surface area contributed by atoms with E-state index < -0.39 is 8.80 Å². The second-order valence-electron chi connectivity index (χ2n) is 8.26. The Kier molecular flexibility index (Phi) is 14.7. The standard InChI is InChI=1S/C22H46O5Si/c1-5-7-9-11-16-26-22-19-20(13-14-21(22)23)15-18-28(24-3,25-4)27-17-12-10-8-6-2/h20-23H,5-19H2,1-4H3. The smallest absolute Gasteiger partial charge is 0.390 e. The fraction of sp³-hybridized carbons (Fsp3) is 1.00. The van der Waals surface area contributed by atoms with E-state index in [0.29, 0.717) is 5.92 Å². The van der Waals surface area contributed by atoms with Crippen LogP contribution in [0.25, 0.3) is 0 Å². The maximum atomic E-state index is 10.3. The molecule has 0 aromatic heterocycles. The van der Waals surface area contributed by atoms with Gasteiger partial charge in [-0.1, -0.05) is 52.4 Å². The number of rotatable bonds is 17. The Morgan fingerprint density at radius 2 is 1.50 bits per heavy atom. The summed E-state index contributed by atoms with van der Waals surface area (Å²) >= 11 is 0. The third-order valence-corrected chi connectivity index (χ3v) is 8.78. The van der Waals surface area contributed by atoms with Gasteiger partial charge in [-0.05, 0) is 44.4 Å². The molecule has 1 rings (SSSR count). The molecule has 0 radical (unpaired) electrons. The van der Waals surface area contributed by atoms with Crippen molar-refractivity contribution in [1.29, 1.82) is 0 Å². The summed E-state index contributed by atoms with van der Waals surface area (Å²) in [6.45, 7) is 5.92. The van der Waals surface area contributed by atoms with Gasteiger partial charge in [-0.25, -0.2) is 0 Å². The molecular formula is C22H46O5Si. The van der Waals surface area contributed by atoms with Gasteiger partial charge >= 0.3 is 8.80 Å². The van der Waals surface area contributed by atoms with E-state index in [1.54, 1.807) is 14.2 Å². The lowest BCUT2D eigenvalue weighted by Gasteiger charge is -2.35. The molecule has 0 spiro atoms. The number of unbranched alkanes of at least 4 members (excludes halogenated alkanes) is 6. The number of aliphatic hydroxyl groups is 1. The van der Waals surface area contributed by atoms with Crippen molar-refractivity contribution >= 4 is 8.80 Å². The average molecular weight is 419 g/mol. The topological polar surface area (TPSA) is 57.2 Å². The van der Waals surface area contributed by atoms with Gasteiger partial charge in [0.15, 0.2) is 0 Å². The molecule has 0 saturated heterocycles. The SMILES string of the molecule is CCCCCCOC1CC(CC[Si](OC)(OC)OCCCCCC)CCC1O. The van der Waals surface area contributed by atoms with Crippen LogP contribution in [-0.2, 0) is 18.0 Å². The summed E-state index contributed by atoms with van der Waals surface area (Å²) in [6, 6.07) is 0.845. The highest BCUT2D eigenvalue weighted by Crippen LogP contribution is 2.32. The lowest BCUT2D eigenvalue weighted by atomic mass is 9.84. The molecule has 3 unspecified atom stereocenters. The van der Waals surface area contributed by atoms with E-state index in [4.69, 9.17) is 18.0 Å². The fourth-order valence-corrected chi connectivity index (χ4v) is 6.19. The zero-order chi connectivity index (χ0) is 20.7. The summed E-state index contributed by atoms with van der Waals surface area (Å²) in [5.74, 6) is 0.546. The minimum absolute atomic E-state index is 0.0171. The third-order valence-electron chi connectivity index (χ3n) is 6.00. The molecular weight excluding hydrogens is 372 g/mol. The number of hydrogen-bond donors (Lipinski definition) is 1. The molecule has 0 heterocycles. The third kappa shape index (κ3) is 10.2. The van der Waals surface area contributed by atoms with Crippen LogP contribution in [0.15, 0.2) is 0 Å². The fourth-order valence-electron chi connectivity index (χ4n) is 4.02. The maximum Gasteiger partial charge on any atom is 0.500 e. The lowest BCUT2D eigenvalue weighted by molar-refractivity contribution is -0.0727. The molecule has 1 aliphatic carbocycles. The van der Waals surface area contributed by atoms with Crippen LogP contribution in [-0.4, -0.2) is 53.6 Å². The molecule has 0 aliphatic heterocycles. The van der Waals surface area contributed by atoms with Crippen molar-refractivity contribution in [2.24, 2.45) is 5.92 Å². The highest BCUT2D eigenvalue weighted by molar-refractivity contribution is 6.60. The van der Waals surface area contributed by atoms with Gasteiger partial charge in [0.25, 0.3) is 0 Å². The first kappa shape index (κ1) is 26.1. The van der Waals surface area contributed by atoms with Crippen molar-refractivity contribution in [2.45, 2.75) is 109 Å². The Morgan fingerprint density at radius 1 is 0.857 bits per heavy atom. The van der Waals surface area contributed by atoms with Gasteiger partial charge in [0.2, 0.25) is 0 Å². The Labute approximate surface area is 174 Å². The second-order valence-corrected chi connectivity index (χ2v) is 11.2. The van der Waals surface area contributed by atoms with E-state index in [-0.39, 0.29) is 12.2 Å².